The van der Waals surface area contributed by atoms with Crippen molar-refractivity contribution >= 4 is 5.97 Å². The van der Waals surface area contributed by atoms with E-state index in [4.69, 9.17) is 4.74 Å². The fraction of sp³-hybridized carbons (Fsp3) is 0.400. The molecule has 0 saturated heterocycles. The van der Waals surface area contributed by atoms with Gasteiger partial charge in [0.2, 0.25) is 0 Å². The highest BCUT2D eigenvalue weighted by Gasteiger charge is 2.20. The van der Waals surface area contributed by atoms with Gasteiger partial charge in [-0.1, -0.05) is 42.5 Å². The van der Waals surface area contributed by atoms with Gasteiger partial charge in [-0.2, -0.15) is 0 Å². The second kappa shape index (κ2) is 8.48. The zero-order chi connectivity index (χ0) is 13.2. The molecule has 1 N–H and O–H groups in total. The molecule has 98 valence electrons. The number of hydrogen-bond acceptors (Lipinski definition) is 3. The highest BCUT2D eigenvalue weighted by atomic mass is 16.5. The van der Waals surface area contributed by atoms with Crippen LogP contribution >= 0.6 is 0 Å². The largest absolute Gasteiger partial charge is 0.465 e. The summed E-state index contributed by atoms with van der Waals surface area (Å²) >= 11 is 0. The van der Waals surface area contributed by atoms with E-state index in [1.165, 1.54) is 0 Å². The summed E-state index contributed by atoms with van der Waals surface area (Å²) in [5.74, 6) is -0.218. The number of benzene rings is 1. The van der Waals surface area contributed by atoms with Crippen molar-refractivity contribution in [2.75, 3.05) is 13.2 Å². The standard InChI is InChI=1S/C15H21NO2/c1-3-5-9-12-16-14(15(17)18-4-2)13-10-7-6-8-11-13/h3,5-8,10-11,14,16H,4,9,12H2,1-2H3/b5-3+. The molecule has 1 aromatic carbocycles. The fourth-order valence-electron chi connectivity index (χ4n) is 1.69. The van der Waals surface area contributed by atoms with E-state index in [1.807, 2.05) is 50.3 Å². The van der Waals surface area contributed by atoms with Gasteiger partial charge in [-0.05, 0) is 32.4 Å². The summed E-state index contributed by atoms with van der Waals surface area (Å²) in [7, 11) is 0. The van der Waals surface area contributed by atoms with E-state index in [-0.39, 0.29) is 12.0 Å². The summed E-state index contributed by atoms with van der Waals surface area (Å²) in [6, 6.07) is 9.28. The predicted molar refractivity (Wildman–Crippen MR) is 73.2 cm³/mol. The van der Waals surface area contributed by atoms with Crippen molar-refractivity contribution in [3.8, 4) is 0 Å². The first kappa shape index (κ1) is 14.5. The highest BCUT2D eigenvalue weighted by Crippen LogP contribution is 2.14. The minimum Gasteiger partial charge on any atom is -0.465 e. The number of carbonyl (C=O) groups is 1. The van der Waals surface area contributed by atoms with Crippen LogP contribution in [0.2, 0.25) is 0 Å². The Bertz CT molecular complexity index is 373. The van der Waals surface area contributed by atoms with Crippen LogP contribution in [0.1, 0.15) is 31.9 Å². The van der Waals surface area contributed by atoms with Crippen molar-refractivity contribution in [1.82, 2.24) is 5.32 Å². The van der Waals surface area contributed by atoms with Crippen LogP contribution < -0.4 is 5.32 Å². The molecule has 1 unspecified atom stereocenters. The molecule has 0 heterocycles. The maximum absolute atomic E-state index is 11.9. The molecular weight excluding hydrogens is 226 g/mol. The molecule has 0 radical (unpaired) electrons. The molecule has 1 aromatic rings. The molecule has 18 heavy (non-hydrogen) atoms. The molecule has 3 nitrogen and oxygen atoms in total. The van der Waals surface area contributed by atoms with Gasteiger partial charge in [0.1, 0.15) is 6.04 Å². The van der Waals surface area contributed by atoms with Crippen molar-refractivity contribution in [2.45, 2.75) is 26.3 Å². The normalized spacial score (nSPS) is 12.6. The van der Waals surface area contributed by atoms with E-state index in [0.717, 1.165) is 18.5 Å². The van der Waals surface area contributed by atoms with Crippen LogP contribution in [0.5, 0.6) is 0 Å². The molecule has 0 bridgehead atoms. The summed E-state index contributed by atoms with van der Waals surface area (Å²) in [5.41, 5.74) is 0.941. The van der Waals surface area contributed by atoms with Crippen LogP contribution in [0.15, 0.2) is 42.5 Å². The summed E-state index contributed by atoms with van der Waals surface area (Å²) in [6.07, 6.45) is 4.98. The van der Waals surface area contributed by atoms with Crippen molar-refractivity contribution in [2.24, 2.45) is 0 Å². The second-order valence-electron chi connectivity index (χ2n) is 3.91. The Morgan fingerprint density at radius 1 is 1.39 bits per heavy atom. The van der Waals surface area contributed by atoms with Crippen molar-refractivity contribution in [1.29, 1.82) is 0 Å². The monoisotopic (exact) mass is 247 g/mol. The van der Waals surface area contributed by atoms with Crippen LogP contribution in [0.25, 0.3) is 0 Å². The van der Waals surface area contributed by atoms with Gasteiger partial charge >= 0.3 is 5.97 Å². The fourth-order valence-corrected chi connectivity index (χ4v) is 1.69. The molecule has 3 heteroatoms. The summed E-state index contributed by atoms with van der Waals surface area (Å²) < 4.78 is 5.10. The summed E-state index contributed by atoms with van der Waals surface area (Å²) in [6.45, 7) is 4.96. The Morgan fingerprint density at radius 3 is 2.72 bits per heavy atom. The van der Waals surface area contributed by atoms with Gasteiger partial charge in [-0.25, -0.2) is 4.79 Å². The van der Waals surface area contributed by atoms with Gasteiger partial charge in [0.05, 0.1) is 6.61 Å². The molecule has 0 saturated carbocycles. The van der Waals surface area contributed by atoms with Crippen LogP contribution in [-0.4, -0.2) is 19.1 Å². The highest BCUT2D eigenvalue weighted by molar-refractivity contribution is 5.77. The van der Waals surface area contributed by atoms with E-state index in [0.29, 0.717) is 6.61 Å². The SMILES string of the molecule is C/C=C/CCNC(C(=O)OCC)c1ccccc1. The van der Waals surface area contributed by atoms with Gasteiger partial charge in [-0.15, -0.1) is 0 Å². The van der Waals surface area contributed by atoms with Crippen LogP contribution in [0, 0.1) is 0 Å². The number of carbonyl (C=O) groups excluding carboxylic acids is 1. The molecule has 0 aliphatic rings. The first-order chi connectivity index (χ1) is 8.79. The number of allylic oxidation sites excluding steroid dienone is 1. The molecule has 0 spiro atoms. The summed E-state index contributed by atoms with van der Waals surface area (Å²) in [4.78, 5) is 11.9. The topological polar surface area (TPSA) is 38.3 Å². The third-order valence-electron chi connectivity index (χ3n) is 2.55. The van der Waals surface area contributed by atoms with Gasteiger partial charge in [0, 0.05) is 0 Å². The minimum absolute atomic E-state index is 0.218. The van der Waals surface area contributed by atoms with Gasteiger partial charge in [0.25, 0.3) is 0 Å². The Hall–Kier alpha value is -1.61. The smallest absolute Gasteiger partial charge is 0.327 e. The van der Waals surface area contributed by atoms with Crippen LogP contribution in [-0.2, 0) is 9.53 Å². The third-order valence-corrected chi connectivity index (χ3v) is 2.55. The summed E-state index contributed by atoms with van der Waals surface area (Å²) in [5, 5.41) is 3.23. The zero-order valence-electron chi connectivity index (χ0n) is 11.1. The van der Waals surface area contributed by atoms with E-state index < -0.39 is 0 Å². The zero-order valence-corrected chi connectivity index (χ0v) is 11.1. The Balaban J connectivity index is 2.66. The van der Waals surface area contributed by atoms with Gasteiger partial charge < -0.3 is 10.1 Å². The first-order valence-corrected chi connectivity index (χ1v) is 6.35. The number of rotatable bonds is 7. The maximum Gasteiger partial charge on any atom is 0.327 e. The molecule has 0 fully saturated rings. The van der Waals surface area contributed by atoms with E-state index in [1.54, 1.807) is 0 Å². The Labute approximate surface area is 109 Å². The van der Waals surface area contributed by atoms with Crippen molar-refractivity contribution in [3.63, 3.8) is 0 Å². The lowest BCUT2D eigenvalue weighted by Crippen LogP contribution is -2.30. The predicted octanol–water partition coefficient (Wildman–Crippen LogP) is 2.85. The van der Waals surface area contributed by atoms with E-state index in [9.17, 15) is 4.79 Å². The molecule has 0 aliphatic heterocycles. The third kappa shape index (κ3) is 4.72. The second-order valence-corrected chi connectivity index (χ2v) is 3.91. The first-order valence-electron chi connectivity index (χ1n) is 6.35. The number of nitrogens with one attached hydrogen (secondary N) is 1. The van der Waals surface area contributed by atoms with E-state index in [2.05, 4.69) is 11.4 Å². The molecule has 0 amide bonds. The molecule has 1 atom stereocenters. The van der Waals surface area contributed by atoms with Crippen molar-refractivity contribution < 1.29 is 9.53 Å². The van der Waals surface area contributed by atoms with E-state index >= 15 is 0 Å². The average Bonchev–Trinajstić information content (AvgIpc) is 2.40. The lowest BCUT2D eigenvalue weighted by Gasteiger charge is -2.17. The molecule has 0 aromatic heterocycles. The lowest BCUT2D eigenvalue weighted by atomic mass is 10.1. The number of esters is 1. The Kier molecular flexibility index (Phi) is 6.81. The van der Waals surface area contributed by atoms with Crippen LogP contribution in [0.4, 0.5) is 0 Å². The molecular formula is C15H21NO2. The quantitative estimate of drug-likeness (QED) is 0.457. The molecule has 0 aliphatic carbocycles. The minimum atomic E-state index is -0.378. The Morgan fingerprint density at radius 2 is 2.11 bits per heavy atom. The lowest BCUT2D eigenvalue weighted by molar-refractivity contribution is -0.145. The van der Waals surface area contributed by atoms with Gasteiger partial charge in [0.15, 0.2) is 0 Å². The number of hydrogen-bond donors (Lipinski definition) is 1. The van der Waals surface area contributed by atoms with Gasteiger partial charge in [-0.3, -0.25) is 0 Å². The molecule has 1 rings (SSSR count). The average molecular weight is 247 g/mol. The number of ether oxygens (including phenoxy) is 1. The maximum atomic E-state index is 11.9. The van der Waals surface area contributed by atoms with Crippen LogP contribution in [0.3, 0.4) is 0 Å². The van der Waals surface area contributed by atoms with Crippen molar-refractivity contribution in [3.05, 3.63) is 48.0 Å².